The highest BCUT2D eigenvalue weighted by Gasteiger charge is 2.48. The molecule has 4 rings (SSSR count). The van der Waals surface area contributed by atoms with Gasteiger partial charge < -0.3 is 15.1 Å². The van der Waals surface area contributed by atoms with Gasteiger partial charge in [0.1, 0.15) is 12.1 Å². The highest BCUT2D eigenvalue weighted by molar-refractivity contribution is 6.08. The number of aromatic nitrogens is 1. The lowest BCUT2D eigenvalue weighted by Crippen LogP contribution is -2.52. The molecule has 2 saturated heterocycles. The van der Waals surface area contributed by atoms with Crippen LogP contribution in [0.25, 0.3) is 0 Å². The first-order valence-corrected chi connectivity index (χ1v) is 10.6. The van der Waals surface area contributed by atoms with Crippen molar-refractivity contribution in [2.75, 3.05) is 37.6 Å². The molecule has 0 spiro atoms. The van der Waals surface area contributed by atoms with Crippen LogP contribution in [0.5, 0.6) is 0 Å². The molecule has 2 aliphatic heterocycles. The zero-order valence-corrected chi connectivity index (χ0v) is 17.7. The minimum atomic E-state index is -0.993. The maximum atomic E-state index is 13.0. The quantitative estimate of drug-likeness (QED) is 0.718. The second-order valence-corrected chi connectivity index (χ2v) is 8.21. The van der Waals surface area contributed by atoms with Crippen LogP contribution in [0.1, 0.15) is 18.9 Å². The normalized spacial score (nSPS) is 21.4. The Morgan fingerprint density at radius 3 is 2.39 bits per heavy atom. The number of piperazine rings is 1. The minimum absolute atomic E-state index is 0.204. The molecule has 1 atom stereocenters. The number of carbonyl (C=O) groups is 3. The number of anilines is 1. The topological polar surface area (TPSA) is 85.8 Å². The lowest BCUT2D eigenvalue weighted by Gasteiger charge is -2.36. The molecule has 0 aliphatic carbocycles. The van der Waals surface area contributed by atoms with E-state index in [4.69, 9.17) is 0 Å². The SMILES string of the molecule is CC1(CCc2ccccc2)NC(=O)N(CC(=O)N2CCN(c3ccncc3)CC2)C1=O. The largest absolute Gasteiger partial charge is 0.368 e. The highest BCUT2D eigenvalue weighted by Crippen LogP contribution is 2.23. The third-order valence-corrected chi connectivity index (χ3v) is 6.06. The van der Waals surface area contributed by atoms with Crippen LogP contribution in [0.15, 0.2) is 54.9 Å². The molecule has 0 bridgehead atoms. The molecule has 2 aromatic rings. The lowest BCUT2D eigenvalue weighted by atomic mass is 9.93. The molecule has 8 nitrogen and oxygen atoms in total. The van der Waals surface area contributed by atoms with Gasteiger partial charge in [0.2, 0.25) is 5.91 Å². The van der Waals surface area contributed by atoms with Gasteiger partial charge in [0, 0.05) is 44.3 Å². The van der Waals surface area contributed by atoms with Gasteiger partial charge in [-0.25, -0.2) is 4.79 Å². The third-order valence-electron chi connectivity index (χ3n) is 6.06. The first-order chi connectivity index (χ1) is 15.0. The molecule has 4 amide bonds. The Labute approximate surface area is 181 Å². The van der Waals surface area contributed by atoms with E-state index in [1.54, 1.807) is 24.2 Å². The summed E-state index contributed by atoms with van der Waals surface area (Å²) < 4.78 is 0. The van der Waals surface area contributed by atoms with Crippen molar-refractivity contribution in [2.24, 2.45) is 0 Å². The van der Waals surface area contributed by atoms with Crippen LogP contribution in [0.2, 0.25) is 0 Å². The van der Waals surface area contributed by atoms with Gasteiger partial charge in [-0.05, 0) is 37.5 Å². The second-order valence-electron chi connectivity index (χ2n) is 8.21. The summed E-state index contributed by atoms with van der Waals surface area (Å²) in [5.41, 5.74) is 1.19. The number of rotatable bonds is 6. The Balaban J connectivity index is 1.32. The standard InChI is InChI=1S/C23H27N5O3/c1-23(10-7-18-5-3-2-4-6-18)21(30)28(22(31)25-23)17-20(29)27-15-13-26(14-16-27)19-8-11-24-12-9-19/h2-6,8-9,11-12H,7,10,13-17H2,1H3,(H,25,31). The molecule has 3 heterocycles. The number of nitrogens with one attached hydrogen (secondary N) is 1. The zero-order chi connectivity index (χ0) is 21.8. The number of carbonyl (C=O) groups excluding carboxylic acids is 3. The van der Waals surface area contributed by atoms with Crippen LogP contribution >= 0.6 is 0 Å². The number of urea groups is 1. The monoisotopic (exact) mass is 421 g/mol. The Morgan fingerprint density at radius 1 is 1.03 bits per heavy atom. The number of aryl methyl sites for hydroxylation is 1. The number of amides is 4. The average Bonchev–Trinajstić information content (AvgIpc) is 3.02. The van der Waals surface area contributed by atoms with Gasteiger partial charge in [-0.15, -0.1) is 0 Å². The predicted molar refractivity (Wildman–Crippen MR) is 116 cm³/mol. The van der Waals surface area contributed by atoms with E-state index in [9.17, 15) is 14.4 Å². The fourth-order valence-corrected chi connectivity index (χ4v) is 4.10. The number of hydrogen-bond donors (Lipinski definition) is 1. The molecule has 1 unspecified atom stereocenters. The van der Waals surface area contributed by atoms with E-state index < -0.39 is 11.6 Å². The number of imide groups is 1. The number of benzene rings is 1. The average molecular weight is 422 g/mol. The van der Waals surface area contributed by atoms with E-state index in [1.165, 1.54) is 0 Å². The first kappa shape index (κ1) is 20.8. The molecule has 1 aromatic carbocycles. The van der Waals surface area contributed by atoms with Gasteiger partial charge in [0.15, 0.2) is 0 Å². The molecule has 2 aliphatic rings. The zero-order valence-electron chi connectivity index (χ0n) is 17.7. The second kappa shape index (κ2) is 8.75. The molecule has 8 heteroatoms. The van der Waals surface area contributed by atoms with Crippen molar-refractivity contribution in [3.63, 3.8) is 0 Å². The molecule has 1 aromatic heterocycles. The summed E-state index contributed by atoms with van der Waals surface area (Å²) in [4.78, 5) is 47.3. The van der Waals surface area contributed by atoms with Crippen LogP contribution in [0, 0.1) is 0 Å². The van der Waals surface area contributed by atoms with E-state index in [0.717, 1.165) is 16.2 Å². The van der Waals surface area contributed by atoms with Crippen LogP contribution in [0.4, 0.5) is 10.5 Å². The van der Waals surface area contributed by atoms with Gasteiger partial charge in [0.25, 0.3) is 5.91 Å². The first-order valence-electron chi connectivity index (χ1n) is 10.6. The Kier molecular flexibility index (Phi) is 5.88. The van der Waals surface area contributed by atoms with E-state index in [1.807, 2.05) is 42.5 Å². The predicted octanol–water partition coefficient (Wildman–Crippen LogP) is 1.67. The summed E-state index contributed by atoms with van der Waals surface area (Å²) in [6.07, 6.45) is 4.65. The van der Waals surface area contributed by atoms with Gasteiger partial charge in [0.05, 0.1) is 0 Å². The number of hydrogen-bond acceptors (Lipinski definition) is 5. The van der Waals surface area contributed by atoms with Crippen molar-refractivity contribution in [1.29, 1.82) is 0 Å². The fraction of sp³-hybridized carbons (Fsp3) is 0.391. The van der Waals surface area contributed by atoms with Crippen molar-refractivity contribution >= 4 is 23.5 Å². The number of nitrogens with zero attached hydrogens (tertiary/aromatic N) is 4. The Bertz CT molecular complexity index is 944. The van der Waals surface area contributed by atoms with Crippen LogP contribution in [-0.4, -0.2) is 70.9 Å². The molecular weight excluding hydrogens is 394 g/mol. The summed E-state index contributed by atoms with van der Waals surface area (Å²) in [7, 11) is 0. The van der Waals surface area contributed by atoms with E-state index in [-0.39, 0.29) is 18.4 Å². The summed E-state index contributed by atoms with van der Waals surface area (Å²) in [6.45, 7) is 4.01. The maximum Gasteiger partial charge on any atom is 0.325 e. The van der Waals surface area contributed by atoms with Crippen LogP contribution in [0.3, 0.4) is 0 Å². The third kappa shape index (κ3) is 4.52. The summed E-state index contributed by atoms with van der Waals surface area (Å²) in [5.74, 6) is -0.539. The minimum Gasteiger partial charge on any atom is -0.368 e. The van der Waals surface area contributed by atoms with Crippen molar-refractivity contribution in [3.05, 3.63) is 60.4 Å². The summed E-state index contributed by atoms with van der Waals surface area (Å²) in [6, 6.07) is 13.2. The summed E-state index contributed by atoms with van der Waals surface area (Å²) >= 11 is 0. The van der Waals surface area contributed by atoms with E-state index in [0.29, 0.717) is 39.0 Å². The highest BCUT2D eigenvalue weighted by atomic mass is 16.2. The lowest BCUT2D eigenvalue weighted by molar-refractivity contribution is -0.139. The van der Waals surface area contributed by atoms with Crippen LogP contribution < -0.4 is 10.2 Å². The van der Waals surface area contributed by atoms with Crippen molar-refractivity contribution in [2.45, 2.75) is 25.3 Å². The molecule has 1 N–H and O–H groups in total. The van der Waals surface area contributed by atoms with Crippen molar-refractivity contribution < 1.29 is 14.4 Å². The molecule has 0 radical (unpaired) electrons. The summed E-state index contributed by atoms with van der Waals surface area (Å²) in [5, 5.41) is 2.79. The van der Waals surface area contributed by atoms with Gasteiger partial charge >= 0.3 is 6.03 Å². The van der Waals surface area contributed by atoms with Gasteiger partial charge in [-0.2, -0.15) is 0 Å². The van der Waals surface area contributed by atoms with Gasteiger partial charge in [-0.1, -0.05) is 30.3 Å². The molecular formula is C23H27N5O3. The Morgan fingerprint density at radius 2 is 1.71 bits per heavy atom. The maximum absolute atomic E-state index is 13.0. The molecule has 0 saturated carbocycles. The van der Waals surface area contributed by atoms with Crippen molar-refractivity contribution in [1.82, 2.24) is 20.1 Å². The smallest absolute Gasteiger partial charge is 0.325 e. The van der Waals surface area contributed by atoms with Crippen molar-refractivity contribution in [3.8, 4) is 0 Å². The molecule has 31 heavy (non-hydrogen) atoms. The van der Waals surface area contributed by atoms with E-state index in [2.05, 4.69) is 15.2 Å². The van der Waals surface area contributed by atoms with Gasteiger partial charge in [-0.3, -0.25) is 19.5 Å². The Hall–Kier alpha value is -3.42. The molecule has 2 fully saturated rings. The van der Waals surface area contributed by atoms with E-state index >= 15 is 0 Å². The fourth-order valence-electron chi connectivity index (χ4n) is 4.10. The number of pyridine rings is 1. The van der Waals surface area contributed by atoms with Crippen LogP contribution in [-0.2, 0) is 16.0 Å². The molecule has 162 valence electrons.